The van der Waals surface area contributed by atoms with Crippen molar-refractivity contribution >= 4 is 0 Å². The molecule has 0 unspecified atom stereocenters. The van der Waals surface area contributed by atoms with Crippen LogP contribution in [0.4, 0.5) is 0 Å². The summed E-state index contributed by atoms with van der Waals surface area (Å²) in [4.78, 5) is 5.67. The molecule has 2 heterocycles. The van der Waals surface area contributed by atoms with Gasteiger partial charge < -0.3 is 4.98 Å². The molecule has 1 N–H and O–H groups in total. The Kier molecular flexibility index (Phi) is 3.03. The van der Waals surface area contributed by atoms with E-state index >= 15 is 0 Å². The Morgan fingerprint density at radius 2 is 1.92 bits per heavy atom. The fourth-order valence-corrected chi connectivity index (χ4v) is 2.01. The van der Waals surface area contributed by atoms with Gasteiger partial charge >= 0.3 is 0 Å². The number of aromatic amines is 1. The van der Waals surface area contributed by atoms with Crippen LogP contribution in [0.3, 0.4) is 0 Å². The minimum absolute atomic E-state index is 1.13. The van der Waals surface area contributed by atoms with Gasteiger partial charge in [-0.2, -0.15) is 0 Å². The van der Waals surface area contributed by atoms with Crippen molar-refractivity contribution < 1.29 is 0 Å². The fourth-order valence-electron chi connectivity index (χ4n) is 2.01. The molecule has 0 radical (unpaired) electrons. The van der Waals surface area contributed by atoms with Crippen molar-refractivity contribution in [2.75, 3.05) is 13.1 Å². The highest BCUT2D eigenvalue weighted by Crippen LogP contribution is 2.12. The largest absolute Gasteiger partial charge is 0.367 e. The molecule has 2 rings (SSSR count). The van der Waals surface area contributed by atoms with Crippen LogP contribution in [-0.4, -0.2) is 23.0 Å². The Morgan fingerprint density at radius 3 is 2.54 bits per heavy atom. The van der Waals surface area contributed by atoms with E-state index in [1.165, 1.54) is 44.3 Å². The zero-order valence-corrected chi connectivity index (χ0v) is 8.13. The Balaban J connectivity index is 1.86. The van der Waals surface area contributed by atoms with Crippen molar-refractivity contribution in [3.8, 4) is 0 Å². The minimum atomic E-state index is 1.13. The zero-order chi connectivity index (χ0) is 8.93. The first kappa shape index (κ1) is 8.82. The number of hydrogen-bond donors (Lipinski definition) is 1. The Hall–Kier alpha value is -0.760. The molecule has 1 saturated heterocycles. The van der Waals surface area contributed by atoms with Crippen LogP contribution in [0.2, 0.25) is 0 Å². The van der Waals surface area contributed by atoms with Crippen molar-refractivity contribution in [3.05, 3.63) is 24.0 Å². The average molecular weight is 178 g/mol. The first-order chi connectivity index (χ1) is 6.45. The van der Waals surface area contributed by atoms with E-state index in [4.69, 9.17) is 0 Å². The minimum Gasteiger partial charge on any atom is -0.367 e. The highest BCUT2D eigenvalue weighted by molar-refractivity contribution is 5.07. The molecule has 0 bridgehead atoms. The monoisotopic (exact) mass is 178 g/mol. The van der Waals surface area contributed by atoms with Gasteiger partial charge in [0.15, 0.2) is 0 Å². The number of nitrogens with zero attached hydrogens (tertiary/aromatic N) is 1. The van der Waals surface area contributed by atoms with Crippen LogP contribution in [-0.2, 0) is 6.54 Å². The molecular weight excluding hydrogens is 160 g/mol. The molecule has 0 spiro atoms. The molecule has 0 atom stereocenters. The quantitative estimate of drug-likeness (QED) is 0.736. The summed E-state index contributed by atoms with van der Waals surface area (Å²) in [5.41, 5.74) is 1.42. The lowest BCUT2D eigenvalue weighted by atomic mass is 10.2. The van der Waals surface area contributed by atoms with Crippen molar-refractivity contribution in [1.82, 2.24) is 9.88 Å². The van der Waals surface area contributed by atoms with E-state index in [0.29, 0.717) is 0 Å². The van der Waals surface area contributed by atoms with E-state index in [9.17, 15) is 0 Å². The molecule has 1 aliphatic heterocycles. The predicted octanol–water partition coefficient (Wildman–Crippen LogP) is 2.39. The summed E-state index contributed by atoms with van der Waals surface area (Å²) >= 11 is 0. The topological polar surface area (TPSA) is 19.0 Å². The summed E-state index contributed by atoms with van der Waals surface area (Å²) in [6.45, 7) is 3.69. The molecule has 1 aliphatic rings. The molecule has 72 valence electrons. The first-order valence-corrected chi connectivity index (χ1v) is 5.29. The number of aromatic nitrogens is 1. The number of H-pyrrole nitrogens is 1. The van der Waals surface area contributed by atoms with Crippen LogP contribution < -0.4 is 0 Å². The maximum absolute atomic E-state index is 3.11. The number of hydrogen-bond acceptors (Lipinski definition) is 1. The first-order valence-electron chi connectivity index (χ1n) is 5.29. The second-order valence-electron chi connectivity index (χ2n) is 3.91. The van der Waals surface area contributed by atoms with Gasteiger partial charge in [0.1, 0.15) is 0 Å². The second kappa shape index (κ2) is 4.47. The lowest BCUT2D eigenvalue weighted by molar-refractivity contribution is 0.277. The molecule has 13 heavy (non-hydrogen) atoms. The maximum atomic E-state index is 3.11. The fraction of sp³-hybridized carbons (Fsp3) is 0.636. The van der Waals surface area contributed by atoms with Crippen LogP contribution >= 0.6 is 0 Å². The average Bonchev–Trinajstić information content (AvgIpc) is 2.49. The van der Waals surface area contributed by atoms with Gasteiger partial charge in [-0.15, -0.1) is 0 Å². The van der Waals surface area contributed by atoms with E-state index in [2.05, 4.69) is 22.1 Å². The van der Waals surface area contributed by atoms with Crippen LogP contribution in [0.15, 0.2) is 18.5 Å². The van der Waals surface area contributed by atoms with Gasteiger partial charge in [-0.1, -0.05) is 12.8 Å². The lowest BCUT2D eigenvalue weighted by Gasteiger charge is -2.18. The van der Waals surface area contributed by atoms with Crippen LogP contribution in [0.25, 0.3) is 0 Å². The smallest absolute Gasteiger partial charge is 0.0248 e. The number of nitrogens with one attached hydrogen (secondary N) is 1. The van der Waals surface area contributed by atoms with Crippen molar-refractivity contribution in [2.45, 2.75) is 32.2 Å². The van der Waals surface area contributed by atoms with E-state index in [-0.39, 0.29) is 0 Å². The molecule has 0 amide bonds. The van der Waals surface area contributed by atoms with E-state index in [1.54, 1.807) is 0 Å². The van der Waals surface area contributed by atoms with E-state index in [0.717, 1.165) is 6.54 Å². The van der Waals surface area contributed by atoms with Gasteiger partial charge in [-0.05, 0) is 37.6 Å². The Morgan fingerprint density at radius 1 is 1.15 bits per heavy atom. The molecule has 2 heteroatoms. The highest BCUT2D eigenvalue weighted by Gasteiger charge is 2.08. The van der Waals surface area contributed by atoms with Gasteiger partial charge in [0.25, 0.3) is 0 Å². The van der Waals surface area contributed by atoms with E-state index < -0.39 is 0 Å². The van der Waals surface area contributed by atoms with Gasteiger partial charge in [-0.25, -0.2) is 0 Å². The third-order valence-electron chi connectivity index (χ3n) is 2.77. The molecule has 2 nitrogen and oxygen atoms in total. The normalized spacial score (nSPS) is 20.0. The molecule has 1 fully saturated rings. The summed E-state index contributed by atoms with van der Waals surface area (Å²) in [6, 6.07) is 2.17. The Labute approximate surface area is 79.9 Å². The number of rotatable bonds is 2. The zero-order valence-electron chi connectivity index (χ0n) is 8.13. The van der Waals surface area contributed by atoms with E-state index in [1.807, 2.05) is 6.20 Å². The molecule has 0 aliphatic carbocycles. The summed E-state index contributed by atoms with van der Waals surface area (Å²) in [5.74, 6) is 0. The third-order valence-corrected chi connectivity index (χ3v) is 2.77. The molecule has 1 aromatic heterocycles. The lowest BCUT2D eigenvalue weighted by Crippen LogP contribution is -2.23. The molecule has 0 saturated carbocycles. The van der Waals surface area contributed by atoms with Crippen LogP contribution in [0, 0.1) is 0 Å². The standard InChI is InChI=1S/C11H18N2/c1-2-4-8-13(7-3-1)10-11-5-6-12-9-11/h5-6,9,12H,1-4,7-8,10H2. The summed E-state index contributed by atoms with van der Waals surface area (Å²) in [6.07, 6.45) is 9.71. The molecular formula is C11H18N2. The third kappa shape index (κ3) is 2.59. The van der Waals surface area contributed by atoms with Crippen LogP contribution in [0.1, 0.15) is 31.2 Å². The van der Waals surface area contributed by atoms with Gasteiger partial charge in [0.2, 0.25) is 0 Å². The summed E-state index contributed by atoms with van der Waals surface area (Å²) < 4.78 is 0. The predicted molar refractivity (Wildman–Crippen MR) is 54.5 cm³/mol. The molecule has 0 aromatic carbocycles. The van der Waals surface area contributed by atoms with Crippen molar-refractivity contribution in [2.24, 2.45) is 0 Å². The van der Waals surface area contributed by atoms with Crippen molar-refractivity contribution in [1.29, 1.82) is 0 Å². The Bertz CT molecular complexity index is 220. The SMILES string of the molecule is c1cc(CN2CCCCCC2)c[nH]1. The van der Waals surface area contributed by atoms with Crippen LogP contribution in [0.5, 0.6) is 0 Å². The summed E-state index contributed by atoms with van der Waals surface area (Å²) in [5, 5.41) is 0. The molecule has 1 aromatic rings. The van der Waals surface area contributed by atoms with Crippen molar-refractivity contribution in [3.63, 3.8) is 0 Å². The number of likely N-dealkylation sites (tertiary alicyclic amines) is 1. The highest BCUT2D eigenvalue weighted by atomic mass is 15.1. The van der Waals surface area contributed by atoms with Gasteiger partial charge in [-0.3, -0.25) is 4.90 Å². The second-order valence-corrected chi connectivity index (χ2v) is 3.91. The maximum Gasteiger partial charge on any atom is 0.0248 e. The summed E-state index contributed by atoms with van der Waals surface area (Å²) in [7, 11) is 0. The van der Waals surface area contributed by atoms with Gasteiger partial charge in [0, 0.05) is 18.9 Å². The van der Waals surface area contributed by atoms with Gasteiger partial charge in [0.05, 0.1) is 0 Å².